The smallest absolute Gasteiger partial charge is 0.265 e. The van der Waals surface area contributed by atoms with Crippen molar-refractivity contribution in [2.45, 2.75) is 13.5 Å². The Hall–Kier alpha value is -2.71. The van der Waals surface area contributed by atoms with E-state index in [9.17, 15) is 9.90 Å². The fraction of sp³-hybridized carbons (Fsp3) is 0.278. The third-order valence-electron chi connectivity index (χ3n) is 3.93. The summed E-state index contributed by atoms with van der Waals surface area (Å²) in [5.41, 5.74) is 2.54. The summed E-state index contributed by atoms with van der Waals surface area (Å²) in [6.07, 6.45) is 3.61. The van der Waals surface area contributed by atoms with Gasteiger partial charge in [0.05, 0.1) is 18.0 Å². The summed E-state index contributed by atoms with van der Waals surface area (Å²) < 4.78 is 3.65. The first-order valence-electron chi connectivity index (χ1n) is 8.19. The van der Waals surface area contributed by atoms with E-state index in [1.54, 1.807) is 29.9 Å². The van der Waals surface area contributed by atoms with E-state index < -0.39 is 0 Å². The Bertz CT molecular complexity index is 953. The fourth-order valence-corrected chi connectivity index (χ4v) is 3.75. The molecule has 0 atom stereocenters. The van der Waals surface area contributed by atoms with Gasteiger partial charge in [-0.1, -0.05) is 11.3 Å². The molecule has 7 nitrogen and oxygen atoms in total. The Morgan fingerprint density at radius 2 is 2.04 bits per heavy atom. The van der Waals surface area contributed by atoms with Gasteiger partial charge in [-0.25, -0.2) is 9.67 Å². The van der Waals surface area contributed by atoms with Crippen LogP contribution in [0.1, 0.15) is 15.4 Å². The van der Waals surface area contributed by atoms with Crippen LogP contribution in [0.15, 0.2) is 47.7 Å². The van der Waals surface area contributed by atoms with Crippen LogP contribution < -0.4 is 4.80 Å². The minimum absolute atomic E-state index is 0.0153. The minimum atomic E-state index is -0.0605. The predicted molar refractivity (Wildman–Crippen MR) is 101 cm³/mol. The number of hydrogen-bond acceptors (Lipinski definition) is 5. The SMILES string of the molecule is Cc1c(C(=O)N(C)C)sc(=Nc2ccc(-n3cccn3)cc2)n1CCO. The molecule has 136 valence electrons. The highest BCUT2D eigenvalue weighted by Gasteiger charge is 2.18. The van der Waals surface area contributed by atoms with E-state index in [2.05, 4.69) is 10.1 Å². The molecule has 3 rings (SSSR count). The zero-order chi connectivity index (χ0) is 18.7. The van der Waals surface area contributed by atoms with Crippen molar-refractivity contribution in [1.82, 2.24) is 19.2 Å². The number of aliphatic hydroxyl groups is 1. The van der Waals surface area contributed by atoms with Crippen LogP contribution >= 0.6 is 11.3 Å². The quantitative estimate of drug-likeness (QED) is 0.745. The number of nitrogens with zero attached hydrogens (tertiary/aromatic N) is 5. The van der Waals surface area contributed by atoms with Crippen LogP contribution in [0.4, 0.5) is 5.69 Å². The van der Waals surface area contributed by atoms with E-state index in [0.29, 0.717) is 16.2 Å². The van der Waals surface area contributed by atoms with Crippen molar-refractivity contribution in [3.05, 3.63) is 58.1 Å². The van der Waals surface area contributed by atoms with Gasteiger partial charge in [-0.05, 0) is 37.3 Å². The van der Waals surface area contributed by atoms with Gasteiger partial charge < -0.3 is 14.6 Å². The number of hydrogen-bond donors (Lipinski definition) is 1. The Kier molecular flexibility index (Phi) is 5.34. The van der Waals surface area contributed by atoms with E-state index in [0.717, 1.165) is 17.1 Å². The lowest BCUT2D eigenvalue weighted by Crippen LogP contribution is -2.22. The molecule has 0 aliphatic heterocycles. The zero-order valence-corrected chi connectivity index (χ0v) is 15.8. The van der Waals surface area contributed by atoms with Crippen molar-refractivity contribution in [3.8, 4) is 5.69 Å². The largest absolute Gasteiger partial charge is 0.395 e. The average molecular weight is 371 g/mol. The molecule has 0 fully saturated rings. The van der Waals surface area contributed by atoms with Crippen LogP contribution in [0.3, 0.4) is 0 Å². The monoisotopic (exact) mass is 371 g/mol. The number of benzene rings is 1. The first-order chi connectivity index (χ1) is 12.5. The van der Waals surface area contributed by atoms with Crippen LogP contribution in [-0.2, 0) is 6.54 Å². The van der Waals surface area contributed by atoms with E-state index in [1.807, 2.05) is 48.0 Å². The molecule has 0 saturated carbocycles. The Morgan fingerprint density at radius 3 is 2.62 bits per heavy atom. The fourth-order valence-electron chi connectivity index (χ4n) is 2.55. The molecule has 1 N–H and O–H groups in total. The number of carbonyl (C=O) groups is 1. The molecule has 3 aromatic rings. The van der Waals surface area contributed by atoms with Crippen LogP contribution in [0.2, 0.25) is 0 Å². The van der Waals surface area contributed by atoms with Crippen LogP contribution in [-0.4, -0.2) is 51.0 Å². The van der Waals surface area contributed by atoms with Gasteiger partial charge in [0.2, 0.25) is 0 Å². The molecule has 0 radical (unpaired) electrons. The molecule has 26 heavy (non-hydrogen) atoms. The number of amides is 1. The number of thiazole rings is 1. The molecule has 0 bridgehead atoms. The summed E-state index contributed by atoms with van der Waals surface area (Å²) in [5.74, 6) is -0.0605. The van der Waals surface area contributed by atoms with Gasteiger partial charge in [0, 0.05) is 38.7 Å². The normalized spacial score (nSPS) is 11.8. The van der Waals surface area contributed by atoms with Crippen molar-refractivity contribution in [1.29, 1.82) is 0 Å². The lowest BCUT2D eigenvalue weighted by molar-refractivity contribution is 0.0830. The summed E-state index contributed by atoms with van der Waals surface area (Å²) in [6, 6.07) is 9.56. The van der Waals surface area contributed by atoms with Gasteiger partial charge in [0.25, 0.3) is 5.91 Å². The van der Waals surface area contributed by atoms with Crippen molar-refractivity contribution >= 4 is 22.9 Å². The van der Waals surface area contributed by atoms with Crippen LogP contribution in [0, 0.1) is 6.92 Å². The van der Waals surface area contributed by atoms with Crippen molar-refractivity contribution < 1.29 is 9.90 Å². The summed E-state index contributed by atoms with van der Waals surface area (Å²) in [4.78, 5) is 19.9. The van der Waals surface area contributed by atoms with Crippen molar-refractivity contribution in [2.24, 2.45) is 4.99 Å². The maximum Gasteiger partial charge on any atom is 0.265 e. The summed E-state index contributed by atoms with van der Waals surface area (Å²) in [5, 5.41) is 13.6. The van der Waals surface area contributed by atoms with Crippen LogP contribution in [0.25, 0.3) is 5.69 Å². The second-order valence-corrected chi connectivity index (χ2v) is 6.93. The topological polar surface area (TPSA) is 75.7 Å². The maximum absolute atomic E-state index is 12.4. The van der Waals surface area contributed by atoms with Crippen LogP contribution in [0.5, 0.6) is 0 Å². The van der Waals surface area contributed by atoms with E-state index >= 15 is 0 Å². The Morgan fingerprint density at radius 1 is 1.31 bits per heavy atom. The second-order valence-electron chi connectivity index (χ2n) is 5.95. The molecule has 0 aliphatic rings. The third-order valence-corrected chi connectivity index (χ3v) is 5.09. The molecule has 8 heteroatoms. The van der Waals surface area contributed by atoms with Gasteiger partial charge in [-0.15, -0.1) is 0 Å². The molecular formula is C18H21N5O2S. The first-order valence-corrected chi connectivity index (χ1v) is 9.00. The molecule has 0 spiro atoms. The molecule has 0 saturated heterocycles. The van der Waals surface area contributed by atoms with E-state index in [4.69, 9.17) is 0 Å². The molecule has 0 unspecified atom stereocenters. The third kappa shape index (κ3) is 3.61. The average Bonchev–Trinajstić information content (AvgIpc) is 3.26. The van der Waals surface area contributed by atoms with E-state index in [1.165, 1.54) is 11.3 Å². The number of carbonyl (C=O) groups excluding carboxylic acids is 1. The van der Waals surface area contributed by atoms with Gasteiger partial charge in [-0.3, -0.25) is 4.79 Å². The van der Waals surface area contributed by atoms with Gasteiger partial charge in [0.1, 0.15) is 4.88 Å². The van der Waals surface area contributed by atoms with E-state index in [-0.39, 0.29) is 12.5 Å². The Balaban J connectivity index is 2.02. The number of rotatable bonds is 5. The highest BCUT2D eigenvalue weighted by molar-refractivity contribution is 7.11. The lowest BCUT2D eigenvalue weighted by Gasteiger charge is -2.09. The van der Waals surface area contributed by atoms with Gasteiger partial charge in [0.15, 0.2) is 4.80 Å². The molecule has 0 aliphatic carbocycles. The first kappa shape index (κ1) is 18.1. The van der Waals surface area contributed by atoms with Gasteiger partial charge >= 0.3 is 0 Å². The zero-order valence-electron chi connectivity index (χ0n) is 15.0. The highest BCUT2D eigenvalue weighted by Crippen LogP contribution is 2.18. The number of aliphatic hydroxyl groups excluding tert-OH is 1. The highest BCUT2D eigenvalue weighted by atomic mass is 32.1. The summed E-state index contributed by atoms with van der Waals surface area (Å²) in [7, 11) is 3.45. The minimum Gasteiger partial charge on any atom is -0.395 e. The van der Waals surface area contributed by atoms with Crippen molar-refractivity contribution in [2.75, 3.05) is 20.7 Å². The molecular weight excluding hydrogens is 350 g/mol. The standard InChI is InChI=1S/C18H21N5O2S/c1-13-16(17(25)21(2)3)26-18(22(13)11-12-24)20-14-5-7-15(8-6-14)23-10-4-9-19-23/h4-10,24H,11-12H2,1-3H3. The predicted octanol–water partition coefficient (Wildman–Crippen LogP) is 1.97. The Labute approximate surface area is 155 Å². The lowest BCUT2D eigenvalue weighted by atomic mass is 10.3. The molecule has 2 aromatic heterocycles. The summed E-state index contributed by atoms with van der Waals surface area (Å²) >= 11 is 1.34. The van der Waals surface area contributed by atoms with Crippen molar-refractivity contribution in [3.63, 3.8) is 0 Å². The summed E-state index contributed by atoms with van der Waals surface area (Å²) in [6.45, 7) is 2.26. The molecule has 1 amide bonds. The maximum atomic E-state index is 12.4. The number of aromatic nitrogens is 3. The second kappa shape index (κ2) is 7.67. The van der Waals surface area contributed by atoms with Gasteiger partial charge in [-0.2, -0.15) is 5.10 Å². The molecule has 2 heterocycles. The molecule has 1 aromatic carbocycles.